The van der Waals surface area contributed by atoms with Crippen LogP contribution >= 0.6 is 29.4 Å². The van der Waals surface area contributed by atoms with Gasteiger partial charge < -0.3 is 9.47 Å². The van der Waals surface area contributed by atoms with Gasteiger partial charge in [-0.05, 0) is 70.4 Å². The Labute approximate surface area is 234 Å². The summed E-state index contributed by atoms with van der Waals surface area (Å²) in [5.41, 5.74) is 3.27. The van der Waals surface area contributed by atoms with Crippen LogP contribution in [0.25, 0.3) is 11.0 Å². The van der Waals surface area contributed by atoms with Gasteiger partial charge in [0.2, 0.25) is 0 Å². The zero-order chi connectivity index (χ0) is 26.3. The van der Waals surface area contributed by atoms with Gasteiger partial charge in [0.15, 0.2) is 0 Å². The number of benzene rings is 2. The van der Waals surface area contributed by atoms with E-state index in [0.717, 1.165) is 11.1 Å². The Kier molecular flexibility index (Phi) is 8.21. The van der Waals surface area contributed by atoms with E-state index in [1.165, 1.54) is 28.8 Å². The van der Waals surface area contributed by atoms with Crippen molar-refractivity contribution in [2.24, 2.45) is 7.05 Å². The van der Waals surface area contributed by atoms with Gasteiger partial charge in [0.1, 0.15) is 33.4 Å². The third-order valence-electron chi connectivity index (χ3n) is 6.99. The van der Waals surface area contributed by atoms with Gasteiger partial charge in [0.05, 0.1) is 17.2 Å². The molecule has 0 N–H and O–H groups in total. The van der Waals surface area contributed by atoms with Crippen molar-refractivity contribution in [2.75, 3.05) is 24.5 Å². The number of rotatable bonds is 4. The van der Waals surface area contributed by atoms with Gasteiger partial charge in [-0.1, -0.05) is 24.3 Å². The van der Waals surface area contributed by atoms with Gasteiger partial charge in [0.25, 0.3) is 5.56 Å². The molecule has 3 heterocycles. The highest BCUT2D eigenvalue weighted by molar-refractivity contribution is 9.10. The maximum atomic E-state index is 13.7. The first-order valence-electron chi connectivity index (χ1n) is 11.9. The molecule has 4 aromatic rings. The average molecular weight is 599 g/mol. The summed E-state index contributed by atoms with van der Waals surface area (Å²) in [6.07, 6.45) is 0. The first kappa shape index (κ1) is 27.8. The minimum atomic E-state index is -0.361. The van der Waals surface area contributed by atoms with Crippen molar-refractivity contribution in [3.05, 3.63) is 104 Å². The Morgan fingerprint density at radius 1 is 1.00 bits per heavy atom. The van der Waals surface area contributed by atoms with Crippen LogP contribution in [0.4, 0.5) is 14.5 Å². The zero-order valence-electron chi connectivity index (χ0n) is 20.8. The van der Waals surface area contributed by atoms with E-state index in [0.29, 0.717) is 41.0 Å². The minimum absolute atomic E-state index is 0. The average Bonchev–Trinajstić information content (AvgIpc) is 2.89. The molecule has 10 heteroatoms. The van der Waals surface area contributed by atoms with E-state index in [9.17, 15) is 18.8 Å². The molecule has 0 amide bonds. The van der Waals surface area contributed by atoms with Crippen LogP contribution in [0.15, 0.2) is 70.1 Å². The van der Waals surface area contributed by atoms with E-state index in [4.69, 9.17) is 0 Å². The molecule has 0 saturated carbocycles. The highest BCUT2D eigenvalue weighted by atomic mass is 79.9. The smallest absolute Gasteiger partial charge is 0.270 e. The number of nitriles is 1. The summed E-state index contributed by atoms with van der Waals surface area (Å²) in [6.45, 7) is 3.74. The minimum Gasteiger partial charge on any atom is -0.366 e. The van der Waals surface area contributed by atoms with Crippen molar-refractivity contribution < 1.29 is 8.78 Å². The topological polar surface area (TPSA) is 65.2 Å². The number of piperazine rings is 1. The summed E-state index contributed by atoms with van der Waals surface area (Å²) in [5, 5.41) is 9.93. The molecule has 196 valence electrons. The Morgan fingerprint density at radius 3 is 2.11 bits per heavy atom. The molecule has 0 spiro atoms. The Morgan fingerprint density at radius 2 is 1.58 bits per heavy atom. The molecule has 1 aliphatic heterocycles. The first-order chi connectivity index (χ1) is 17.8. The second kappa shape index (κ2) is 11.2. The van der Waals surface area contributed by atoms with Crippen LogP contribution in [-0.4, -0.2) is 40.1 Å². The summed E-state index contributed by atoms with van der Waals surface area (Å²) in [7, 11) is 1.64. The number of fused-ring (bicyclic) bond motifs is 1. The van der Waals surface area contributed by atoms with Gasteiger partial charge in [0, 0.05) is 32.7 Å². The molecule has 38 heavy (non-hydrogen) atoms. The van der Waals surface area contributed by atoms with E-state index in [1.807, 2.05) is 6.07 Å². The molecule has 6 nitrogen and oxygen atoms in total. The molecular weight excluding hydrogens is 572 g/mol. The third-order valence-corrected chi connectivity index (χ3v) is 7.43. The van der Waals surface area contributed by atoms with Crippen LogP contribution in [0, 0.1) is 23.0 Å². The fraction of sp³-hybridized carbons (Fsp3) is 0.250. The van der Waals surface area contributed by atoms with E-state index < -0.39 is 0 Å². The van der Waals surface area contributed by atoms with E-state index >= 15 is 0 Å². The van der Waals surface area contributed by atoms with Crippen LogP contribution < -0.4 is 10.5 Å². The first-order valence-corrected chi connectivity index (χ1v) is 12.7. The number of aryl methyl sites for hydroxylation is 1. The molecule has 1 aliphatic rings. The molecule has 1 atom stereocenters. The quantitative estimate of drug-likeness (QED) is 0.300. The van der Waals surface area contributed by atoms with Crippen molar-refractivity contribution in [1.82, 2.24) is 14.5 Å². The molecule has 0 aliphatic carbocycles. The number of hydrogen-bond donors (Lipinski definition) is 0. The summed E-state index contributed by atoms with van der Waals surface area (Å²) < 4.78 is 29.5. The maximum Gasteiger partial charge on any atom is 0.270 e. The molecule has 2 aromatic carbocycles. The number of halogens is 3. The summed E-state index contributed by atoms with van der Waals surface area (Å²) in [6, 6.07) is 18.2. The van der Waals surface area contributed by atoms with Crippen LogP contribution in [-0.2, 0) is 7.05 Å². The summed E-state index contributed by atoms with van der Waals surface area (Å²) >= 11 is 3.42. The number of anilines is 1. The van der Waals surface area contributed by atoms with Crippen molar-refractivity contribution in [1.29, 1.82) is 5.26 Å². The standard InChI is InChI=1S/C28H24BrF2N5O.H2S/c1-17-16-35(27-22(15-32)28(37)34(2)23-11-12-24(29)33-25(23)27)13-14-36(17)26(18-3-7-20(30)8-4-18)19-5-9-21(31)10-6-19;/h3-12,17,26H,13-14,16H2,1-2H3;1H2/t17-;/m0./s1. The van der Waals surface area contributed by atoms with Gasteiger partial charge in [-0.2, -0.15) is 18.8 Å². The molecule has 1 saturated heterocycles. The van der Waals surface area contributed by atoms with E-state index in [1.54, 1.807) is 37.4 Å². The zero-order valence-corrected chi connectivity index (χ0v) is 23.4. The lowest BCUT2D eigenvalue weighted by molar-refractivity contribution is 0.150. The molecule has 0 bridgehead atoms. The highest BCUT2D eigenvalue weighted by Gasteiger charge is 2.34. The lowest BCUT2D eigenvalue weighted by Gasteiger charge is -2.45. The van der Waals surface area contributed by atoms with Crippen LogP contribution in [0.1, 0.15) is 29.7 Å². The predicted octanol–water partition coefficient (Wildman–Crippen LogP) is 5.26. The Hall–Kier alpha value is -3.26. The highest BCUT2D eigenvalue weighted by Crippen LogP contribution is 2.35. The second-order valence-electron chi connectivity index (χ2n) is 9.24. The number of aromatic nitrogens is 2. The predicted molar refractivity (Wildman–Crippen MR) is 153 cm³/mol. The van der Waals surface area contributed by atoms with Crippen LogP contribution in [0.3, 0.4) is 0 Å². The third kappa shape index (κ3) is 5.06. The number of hydrogen-bond acceptors (Lipinski definition) is 5. The normalized spacial score (nSPS) is 15.9. The fourth-order valence-corrected chi connectivity index (χ4v) is 5.51. The van der Waals surface area contributed by atoms with E-state index in [-0.39, 0.29) is 48.3 Å². The molecular formula is C28H26BrF2N5OS. The summed E-state index contributed by atoms with van der Waals surface area (Å²) in [5.74, 6) is -0.639. The van der Waals surface area contributed by atoms with Crippen molar-refractivity contribution >= 4 is 46.1 Å². The lowest BCUT2D eigenvalue weighted by atomic mass is 9.94. The largest absolute Gasteiger partial charge is 0.366 e. The number of nitrogens with zero attached hydrogens (tertiary/aromatic N) is 5. The van der Waals surface area contributed by atoms with Crippen molar-refractivity contribution in [3.8, 4) is 6.07 Å². The molecule has 5 rings (SSSR count). The summed E-state index contributed by atoms with van der Waals surface area (Å²) in [4.78, 5) is 22.0. The van der Waals surface area contributed by atoms with Crippen LogP contribution in [0.5, 0.6) is 0 Å². The van der Waals surface area contributed by atoms with E-state index in [2.05, 4.69) is 43.7 Å². The Balaban J connectivity index is 0.00000336. The van der Waals surface area contributed by atoms with Gasteiger partial charge in [-0.15, -0.1) is 0 Å². The SMILES string of the molecule is C[C@H]1CN(c2c(C#N)c(=O)n(C)c3ccc(Br)nc23)CCN1C(c1ccc(F)cc1)c1ccc(F)cc1.S. The van der Waals surface area contributed by atoms with Gasteiger partial charge in [-0.3, -0.25) is 9.69 Å². The monoisotopic (exact) mass is 597 g/mol. The molecule has 2 aromatic heterocycles. The molecule has 0 radical (unpaired) electrons. The van der Waals surface area contributed by atoms with Crippen LogP contribution in [0.2, 0.25) is 0 Å². The van der Waals surface area contributed by atoms with Gasteiger partial charge >= 0.3 is 0 Å². The maximum absolute atomic E-state index is 13.7. The van der Waals surface area contributed by atoms with Crippen molar-refractivity contribution in [3.63, 3.8) is 0 Å². The lowest BCUT2D eigenvalue weighted by Crippen LogP contribution is -2.53. The molecule has 1 fully saturated rings. The number of pyridine rings is 2. The fourth-order valence-electron chi connectivity index (χ4n) is 5.20. The molecule has 0 unspecified atom stereocenters. The van der Waals surface area contributed by atoms with Gasteiger partial charge in [-0.25, -0.2) is 13.8 Å². The van der Waals surface area contributed by atoms with Crippen molar-refractivity contribution in [2.45, 2.75) is 19.0 Å². The Bertz CT molecular complexity index is 1520. The second-order valence-corrected chi connectivity index (χ2v) is 10.1.